The first-order valence-electron chi connectivity index (χ1n) is 12.4. The number of aromatic nitrogens is 2. The molecule has 0 radical (unpaired) electrons. The second kappa shape index (κ2) is 10.3. The lowest BCUT2D eigenvalue weighted by atomic mass is 10.1. The molecule has 0 saturated carbocycles. The van der Waals surface area contributed by atoms with Gasteiger partial charge >= 0.3 is 5.97 Å². The molecule has 1 N–H and O–H groups in total. The van der Waals surface area contributed by atoms with Crippen molar-refractivity contribution in [1.82, 2.24) is 9.55 Å². The van der Waals surface area contributed by atoms with Crippen LogP contribution < -0.4 is 10.3 Å². The molecule has 0 fully saturated rings. The number of pyridine rings is 1. The number of H-pyrrole nitrogens is 1. The van der Waals surface area contributed by atoms with Crippen LogP contribution in [0.15, 0.2) is 81.3 Å². The monoisotopic (exact) mass is 532 g/mol. The Balaban J connectivity index is 1.70. The molecular weight excluding hydrogens is 504 g/mol. The van der Waals surface area contributed by atoms with Crippen molar-refractivity contribution in [3.63, 3.8) is 0 Å². The van der Waals surface area contributed by atoms with E-state index in [1.165, 1.54) is 18.2 Å². The van der Waals surface area contributed by atoms with Gasteiger partial charge in [0, 0.05) is 6.54 Å². The third-order valence-electron chi connectivity index (χ3n) is 6.70. The Morgan fingerprint density at radius 2 is 1.76 bits per heavy atom. The predicted molar refractivity (Wildman–Crippen MR) is 142 cm³/mol. The molecular formula is C29H28N2O6S. The van der Waals surface area contributed by atoms with Gasteiger partial charge in [0.2, 0.25) is 9.84 Å². The lowest BCUT2D eigenvalue weighted by Gasteiger charge is -2.16. The molecule has 38 heavy (non-hydrogen) atoms. The Hall–Kier alpha value is -4.11. The van der Waals surface area contributed by atoms with Crippen molar-refractivity contribution < 1.29 is 22.7 Å². The van der Waals surface area contributed by atoms with E-state index in [0.717, 1.165) is 17.5 Å². The standard InChI is InChI=1S/C29H28N2O6S/c1-3-37-29(33)24-16-21-11-8-10-20-17-25(38(34,35)23-13-5-4-6-14-23)28(32)30-26(20)27(21)31(24)18-19-9-7-12-22(15-19)36-2/h4-7,9,12-17H,3,8,10-11,18H2,1-2H3,(H,30,32). The summed E-state index contributed by atoms with van der Waals surface area (Å²) in [5, 5.41) is 0. The Morgan fingerprint density at radius 3 is 2.50 bits per heavy atom. The van der Waals surface area contributed by atoms with Crippen LogP contribution in [-0.2, 0) is 34.0 Å². The molecule has 0 saturated heterocycles. The van der Waals surface area contributed by atoms with Gasteiger partial charge in [0.1, 0.15) is 16.3 Å². The topological polar surface area (TPSA) is 107 Å². The first-order valence-corrected chi connectivity index (χ1v) is 13.9. The van der Waals surface area contributed by atoms with Gasteiger partial charge in [-0.05, 0) is 79.3 Å². The number of carbonyl (C=O) groups is 1. The van der Waals surface area contributed by atoms with Crippen LogP contribution in [0.3, 0.4) is 0 Å². The fraction of sp³-hybridized carbons (Fsp3) is 0.241. The average Bonchev–Trinajstić information content (AvgIpc) is 3.17. The number of benzene rings is 2. The Morgan fingerprint density at radius 1 is 1.00 bits per heavy atom. The van der Waals surface area contributed by atoms with Crippen LogP contribution in [-0.4, -0.2) is 37.7 Å². The number of nitrogens with zero attached hydrogens (tertiary/aromatic N) is 1. The van der Waals surface area contributed by atoms with Crippen LogP contribution in [0.1, 0.15) is 40.5 Å². The van der Waals surface area contributed by atoms with Gasteiger partial charge in [0.05, 0.1) is 30.0 Å². The normalized spacial score (nSPS) is 12.8. The fourth-order valence-electron chi connectivity index (χ4n) is 4.94. The number of nitrogens with one attached hydrogen (secondary N) is 1. The quantitative estimate of drug-likeness (QED) is 0.354. The summed E-state index contributed by atoms with van der Waals surface area (Å²) in [7, 11) is -2.42. The second-order valence-electron chi connectivity index (χ2n) is 9.09. The highest BCUT2D eigenvalue weighted by Crippen LogP contribution is 2.35. The first kappa shape index (κ1) is 25.5. The van der Waals surface area contributed by atoms with E-state index < -0.39 is 21.4 Å². The number of esters is 1. The number of methoxy groups -OCH3 is 1. The zero-order valence-electron chi connectivity index (χ0n) is 21.2. The highest BCUT2D eigenvalue weighted by molar-refractivity contribution is 7.91. The molecule has 0 amide bonds. The minimum absolute atomic E-state index is 0.0609. The van der Waals surface area contributed by atoms with Crippen LogP contribution in [0, 0.1) is 0 Å². The molecule has 0 atom stereocenters. The summed E-state index contributed by atoms with van der Waals surface area (Å²) < 4.78 is 39.2. The number of hydrogen-bond acceptors (Lipinski definition) is 6. The van der Waals surface area contributed by atoms with Crippen molar-refractivity contribution in [2.24, 2.45) is 0 Å². The van der Waals surface area contributed by atoms with Gasteiger partial charge in [-0.15, -0.1) is 0 Å². The number of aryl methyl sites for hydroxylation is 2. The molecule has 196 valence electrons. The summed E-state index contributed by atoms with van der Waals surface area (Å²) in [6.45, 7) is 2.30. The van der Waals surface area contributed by atoms with E-state index >= 15 is 0 Å². The Bertz CT molecular complexity index is 1670. The number of ether oxygens (including phenoxy) is 2. The van der Waals surface area contributed by atoms with Gasteiger partial charge in [-0.2, -0.15) is 0 Å². The van der Waals surface area contributed by atoms with E-state index in [0.29, 0.717) is 47.8 Å². The van der Waals surface area contributed by atoms with Crippen LogP contribution in [0.25, 0.3) is 11.4 Å². The lowest BCUT2D eigenvalue weighted by Crippen LogP contribution is -2.21. The van der Waals surface area contributed by atoms with Gasteiger partial charge < -0.3 is 19.0 Å². The predicted octanol–water partition coefficient (Wildman–Crippen LogP) is 4.40. The third kappa shape index (κ3) is 4.65. The minimum Gasteiger partial charge on any atom is -0.497 e. The van der Waals surface area contributed by atoms with Gasteiger partial charge in [0.25, 0.3) is 5.56 Å². The first-order chi connectivity index (χ1) is 18.3. The van der Waals surface area contributed by atoms with Crippen molar-refractivity contribution in [3.05, 3.63) is 99.5 Å². The molecule has 0 aliphatic heterocycles. The highest BCUT2D eigenvalue weighted by Gasteiger charge is 2.29. The number of fused-ring (bicyclic) bond motifs is 3. The second-order valence-corrected chi connectivity index (χ2v) is 11.0. The number of sulfone groups is 1. The molecule has 2 heterocycles. The summed E-state index contributed by atoms with van der Waals surface area (Å²) in [6, 6.07) is 18.8. The molecule has 0 unspecified atom stereocenters. The minimum atomic E-state index is -4.01. The smallest absolute Gasteiger partial charge is 0.354 e. The van der Waals surface area contributed by atoms with Crippen LogP contribution in [0.5, 0.6) is 5.75 Å². The molecule has 9 heteroatoms. The summed E-state index contributed by atoms with van der Waals surface area (Å²) in [5.41, 5.74) is 3.37. The summed E-state index contributed by atoms with van der Waals surface area (Å²) >= 11 is 0. The van der Waals surface area contributed by atoms with E-state index in [2.05, 4.69) is 4.98 Å². The van der Waals surface area contributed by atoms with Crippen LogP contribution in [0.2, 0.25) is 0 Å². The van der Waals surface area contributed by atoms with Crippen LogP contribution >= 0.6 is 0 Å². The summed E-state index contributed by atoms with van der Waals surface area (Å²) in [4.78, 5) is 28.9. The van der Waals surface area contributed by atoms with Gasteiger partial charge in [0.15, 0.2) is 0 Å². The lowest BCUT2D eigenvalue weighted by molar-refractivity contribution is 0.0514. The Labute approximate surface area is 220 Å². The van der Waals surface area contributed by atoms with E-state index in [4.69, 9.17) is 9.47 Å². The van der Waals surface area contributed by atoms with Gasteiger partial charge in [-0.1, -0.05) is 30.3 Å². The molecule has 4 aromatic rings. The molecule has 2 aromatic heterocycles. The molecule has 8 nitrogen and oxygen atoms in total. The number of aromatic amines is 1. The Kier molecular flexibility index (Phi) is 6.94. The number of carbonyl (C=O) groups excluding carboxylic acids is 1. The van der Waals surface area contributed by atoms with Gasteiger partial charge in [-0.3, -0.25) is 4.79 Å². The molecule has 2 aromatic carbocycles. The van der Waals surface area contributed by atoms with Gasteiger partial charge in [-0.25, -0.2) is 13.2 Å². The van der Waals surface area contributed by atoms with Crippen LogP contribution in [0.4, 0.5) is 0 Å². The van der Waals surface area contributed by atoms with Crippen molar-refractivity contribution in [3.8, 4) is 17.1 Å². The van der Waals surface area contributed by atoms with E-state index in [9.17, 15) is 18.0 Å². The molecule has 1 aliphatic rings. The maximum Gasteiger partial charge on any atom is 0.354 e. The average molecular weight is 533 g/mol. The summed E-state index contributed by atoms with van der Waals surface area (Å²) in [5.74, 6) is 0.221. The number of rotatable bonds is 7. The fourth-order valence-corrected chi connectivity index (χ4v) is 6.30. The van der Waals surface area contributed by atoms with E-state index in [1.807, 2.05) is 34.9 Å². The molecule has 0 bridgehead atoms. The highest BCUT2D eigenvalue weighted by atomic mass is 32.2. The SMILES string of the molecule is CCOC(=O)c1cc2c(n1Cc1cccc(OC)c1)-c1[nH]c(=O)c(S(=O)(=O)c3ccccc3)cc1CCC2. The molecule has 1 aliphatic carbocycles. The maximum absolute atomic E-state index is 13.3. The van der Waals surface area contributed by atoms with Crippen molar-refractivity contribution in [2.45, 2.75) is 42.5 Å². The zero-order valence-corrected chi connectivity index (χ0v) is 22.0. The molecule has 0 spiro atoms. The zero-order chi connectivity index (χ0) is 26.9. The maximum atomic E-state index is 13.3. The van der Waals surface area contributed by atoms with E-state index in [1.54, 1.807) is 32.2 Å². The van der Waals surface area contributed by atoms with Crippen molar-refractivity contribution in [1.29, 1.82) is 0 Å². The number of hydrogen-bond donors (Lipinski definition) is 1. The van der Waals surface area contributed by atoms with Crippen molar-refractivity contribution in [2.75, 3.05) is 13.7 Å². The third-order valence-corrected chi connectivity index (χ3v) is 8.47. The van der Waals surface area contributed by atoms with E-state index in [-0.39, 0.29) is 16.4 Å². The molecule has 5 rings (SSSR count). The summed E-state index contributed by atoms with van der Waals surface area (Å²) in [6.07, 6.45) is 1.96. The van der Waals surface area contributed by atoms with Crippen molar-refractivity contribution >= 4 is 15.8 Å². The largest absolute Gasteiger partial charge is 0.497 e.